The highest BCUT2D eigenvalue weighted by Crippen LogP contribution is 2.24. The maximum Gasteiger partial charge on any atom is 0.260 e. The van der Waals surface area contributed by atoms with E-state index in [0.29, 0.717) is 34.1 Å². The van der Waals surface area contributed by atoms with E-state index in [2.05, 4.69) is 20.6 Å². The Morgan fingerprint density at radius 2 is 1.65 bits per heavy atom. The van der Waals surface area contributed by atoms with Gasteiger partial charge >= 0.3 is 0 Å². The molecule has 0 spiro atoms. The van der Waals surface area contributed by atoms with E-state index in [0.717, 1.165) is 5.82 Å². The van der Waals surface area contributed by atoms with Crippen LogP contribution in [0.2, 0.25) is 0 Å². The van der Waals surface area contributed by atoms with Crippen LogP contribution in [-0.4, -0.2) is 28.0 Å². The van der Waals surface area contributed by atoms with Gasteiger partial charge in [0.15, 0.2) is 0 Å². The lowest BCUT2D eigenvalue weighted by Crippen LogP contribution is -2.18. The third-order valence-corrected chi connectivity index (χ3v) is 4.44. The van der Waals surface area contributed by atoms with Gasteiger partial charge in [-0.3, -0.25) is 9.59 Å². The number of carbonyl (C=O) groups excluding carboxylic acids is 2. The number of hydrogen-bond acceptors (Lipinski definition) is 5. The van der Waals surface area contributed by atoms with Gasteiger partial charge in [0.2, 0.25) is 5.91 Å². The molecule has 1 heterocycles. The first kappa shape index (κ1) is 19.9. The number of nitrogens with zero attached hydrogens (tertiary/aromatic N) is 2. The van der Waals surface area contributed by atoms with Crippen LogP contribution in [0, 0.1) is 6.92 Å². The molecule has 2 N–H and O–H groups in total. The lowest BCUT2D eigenvalue weighted by Gasteiger charge is -2.14. The number of hydrogen-bond donors (Lipinski definition) is 2. The van der Waals surface area contributed by atoms with Crippen molar-refractivity contribution in [3.63, 3.8) is 0 Å². The van der Waals surface area contributed by atoms with Gasteiger partial charge in [-0.25, -0.2) is 9.97 Å². The number of rotatable bonds is 6. The molecule has 0 unspecified atom stereocenters. The molecule has 0 fully saturated rings. The van der Waals surface area contributed by atoms with Crippen LogP contribution in [0.1, 0.15) is 55.0 Å². The smallest absolute Gasteiger partial charge is 0.260 e. The van der Waals surface area contributed by atoms with Crippen molar-refractivity contribution in [2.24, 2.45) is 0 Å². The van der Waals surface area contributed by atoms with Crippen LogP contribution in [0.5, 0.6) is 0 Å². The van der Waals surface area contributed by atoms with Gasteiger partial charge in [0.05, 0.1) is 11.3 Å². The molecule has 0 aliphatic carbocycles. The highest BCUT2D eigenvalue weighted by atomic mass is 32.2. The highest BCUT2D eigenvalue weighted by molar-refractivity contribution is 7.98. The Hall–Kier alpha value is -2.41. The monoisotopic (exact) mass is 372 g/mol. The summed E-state index contributed by atoms with van der Waals surface area (Å²) in [5.74, 6) is 0.638. The number of thioether (sulfide) groups is 1. The van der Waals surface area contributed by atoms with Crippen LogP contribution in [0.15, 0.2) is 29.3 Å². The fraction of sp³-hybridized carbons (Fsp3) is 0.368. The van der Waals surface area contributed by atoms with E-state index in [-0.39, 0.29) is 17.7 Å². The first-order valence-electron chi connectivity index (χ1n) is 8.49. The van der Waals surface area contributed by atoms with Crippen LogP contribution < -0.4 is 10.6 Å². The van der Waals surface area contributed by atoms with Crippen molar-refractivity contribution in [1.82, 2.24) is 9.97 Å². The van der Waals surface area contributed by atoms with Gasteiger partial charge in [-0.1, -0.05) is 20.8 Å². The minimum atomic E-state index is -0.243. The molecule has 0 radical (unpaired) electrons. The predicted octanol–water partition coefficient (Wildman–Crippen LogP) is 4.23. The quantitative estimate of drug-likeness (QED) is 0.585. The Morgan fingerprint density at radius 1 is 1.08 bits per heavy atom. The van der Waals surface area contributed by atoms with E-state index < -0.39 is 0 Å². The molecule has 1 aromatic carbocycles. The molecular weight excluding hydrogens is 348 g/mol. The molecule has 0 bridgehead atoms. The van der Waals surface area contributed by atoms with Crippen LogP contribution in [0.3, 0.4) is 0 Å². The highest BCUT2D eigenvalue weighted by Gasteiger charge is 2.19. The average Bonchev–Trinajstić information content (AvgIpc) is 2.62. The summed E-state index contributed by atoms with van der Waals surface area (Å²) in [6, 6.07) is 7.01. The Kier molecular flexibility index (Phi) is 6.74. The third-order valence-electron chi connectivity index (χ3n) is 3.76. The molecular formula is C19H24N4O2S. The van der Waals surface area contributed by atoms with E-state index in [1.54, 1.807) is 31.2 Å². The number of benzene rings is 1. The van der Waals surface area contributed by atoms with Gasteiger partial charge < -0.3 is 10.6 Å². The fourth-order valence-electron chi connectivity index (χ4n) is 2.31. The van der Waals surface area contributed by atoms with Gasteiger partial charge in [-0.2, -0.15) is 0 Å². The van der Waals surface area contributed by atoms with Crippen molar-refractivity contribution in [2.45, 2.75) is 45.1 Å². The Bertz CT molecular complexity index is 804. The molecule has 138 valence electrons. The zero-order valence-electron chi connectivity index (χ0n) is 15.7. The second-order valence-electron chi connectivity index (χ2n) is 6.14. The van der Waals surface area contributed by atoms with E-state index >= 15 is 0 Å². The Morgan fingerprint density at radius 3 is 2.15 bits per heavy atom. The van der Waals surface area contributed by atoms with Crippen LogP contribution >= 0.6 is 11.8 Å². The second kappa shape index (κ2) is 8.80. The van der Waals surface area contributed by atoms with Crippen molar-refractivity contribution in [3.05, 3.63) is 41.3 Å². The van der Waals surface area contributed by atoms with Crippen molar-refractivity contribution < 1.29 is 9.59 Å². The van der Waals surface area contributed by atoms with Crippen molar-refractivity contribution in [3.8, 4) is 0 Å². The summed E-state index contributed by atoms with van der Waals surface area (Å²) in [4.78, 5) is 33.1. The largest absolute Gasteiger partial charge is 0.326 e. The molecule has 0 aliphatic heterocycles. The van der Waals surface area contributed by atoms with Gasteiger partial charge in [0.25, 0.3) is 5.91 Å². The summed E-state index contributed by atoms with van der Waals surface area (Å²) in [5.41, 5.74) is 2.49. The average molecular weight is 372 g/mol. The number of anilines is 2. The number of aryl methyl sites for hydroxylation is 1. The first-order valence-corrected chi connectivity index (χ1v) is 9.72. The number of amides is 2. The molecule has 26 heavy (non-hydrogen) atoms. The number of carbonyl (C=O) groups is 2. The SMILES string of the molecule is CCC(=O)Nc1ccc(NC(=O)c2c(C)nc(C(C)C)nc2SC)cc1. The lowest BCUT2D eigenvalue weighted by molar-refractivity contribution is -0.115. The van der Waals surface area contributed by atoms with Crippen molar-refractivity contribution in [2.75, 3.05) is 16.9 Å². The van der Waals surface area contributed by atoms with E-state index in [9.17, 15) is 9.59 Å². The topological polar surface area (TPSA) is 84.0 Å². The van der Waals surface area contributed by atoms with Crippen LogP contribution in [-0.2, 0) is 4.79 Å². The van der Waals surface area contributed by atoms with Crippen LogP contribution in [0.25, 0.3) is 0 Å². The number of aromatic nitrogens is 2. The zero-order valence-corrected chi connectivity index (χ0v) is 16.5. The van der Waals surface area contributed by atoms with Gasteiger partial charge in [0.1, 0.15) is 10.9 Å². The molecule has 0 aliphatic rings. The van der Waals surface area contributed by atoms with E-state index in [1.807, 2.05) is 27.0 Å². The second-order valence-corrected chi connectivity index (χ2v) is 6.93. The maximum atomic E-state index is 12.7. The first-order chi connectivity index (χ1) is 12.3. The van der Waals surface area contributed by atoms with E-state index in [4.69, 9.17) is 0 Å². The zero-order chi connectivity index (χ0) is 19.3. The van der Waals surface area contributed by atoms with Crippen molar-refractivity contribution in [1.29, 1.82) is 0 Å². The fourth-order valence-corrected chi connectivity index (χ4v) is 2.94. The molecule has 2 rings (SSSR count). The predicted molar refractivity (Wildman–Crippen MR) is 106 cm³/mol. The minimum absolute atomic E-state index is 0.0515. The Balaban J connectivity index is 2.21. The minimum Gasteiger partial charge on any atom is -0.326 e. The molecule has 0 saturated carbocycles. The number of nitrogens with one attached hydrogen (secondary N) is 2. The summed E-state index contributed by atoms with van der Waals surface area (Å²) in [5, 5.41) is 6.32. The molecule has 2 amide bonds. The van der Waals surface area contributed by atoms with Crippen molar-refractivity contribution >= 4 is 35.0 Å². The summed E-state index contributed by atoms with van der Waals surface area (Å²) in [6.07, 6.45) is 2.31. The van der Waals surface area contributed by atoms with Gasteiger partial charge in [-0.15, -0.1) is 11.8 Å². The lowest BCUT2D eigenvalue weighted by atomic mass is 10.1. The summed E-state index contributed by atoms with van der Waals surface area (Å²) in [6.45, 7) is 7.67. The van der Waals surface area contributed by atoms with E-state index in [1.165, 1.54) is 11.8 Å². The molecule has 0 saturated heterocycles. The summed E-state index contributed by atoms with van der Waals surface area (Å²) < 4.78 is 0. The molecule has 6 nitrogen and oxygen atoms in total. The standard InChI is InChI=1S/C19H24N4O2S/c1-6-15(24)21-13-7-9-14(10-8-13)22-18(25)16-12(4)20-17(11(2)3)23-19(16)26-5/h7-11H,6H2,1-5H3,(H,21,24)(H,22,25). The molecule has 1 aromatic heterocycles. The van der Waals surface area contributed by atoms with Gasteiger partial charge in [0, 0.05) is 23.7 Å². The maximum absolute atomic E-state index is 12.7. The summed E-state index contributed by atoms with van der Waals surface area (Å²) >= 11 is 1.43. The van der Waals surface area contributed by atoms with Crippen LogP contribution in [0.4, 0.5) is 11.4 Å². The Labute approximate surface area is 158 Å². The molecule has 0 atom stereocenters. The van der Waals surface area contributed by atoms with Gasteiger partial charge in [-0.05, 0) is 37.4 Å². The summed E-state index contributed by atoms with van der Waals surface area (Å²) in [7, 11) is 0. The molecule has 7 heteroatoms. The molecule has 2 aromatic rings. The normalized spacial score (nSPS) is 10.7. The third kappa shape index (κ3) is 4.82.